The fourth-order valence-electron chi connectivity index (χ4n) is 3.50. The highest BCUT2D eigenvalue weighted by atomic mass is 16.3. The van der Waals surface area contributed by atoms with Crippen LogP contribution in [0, 0.1) is 13.8 Å². The molecule has 0 fully saturated rings. The molecule has 3 aromatic carbocycles. The predicted octanol–water partition coefficient (Wildman–Crippen LogP) is 5.18. The Hall–Kier alpha value is -3.01. The number of carbonyl (C=O) groups is 1. The van der Waals surface area contributed by atoms with Crippen LogP contribution in [-0.2, 0) is 11.3 Å². The molecule has 0 aliphatic carbocycles. The Balaban J connectivity index is 1.82. The molecule has 3 heteroatoms. The van der Waals surface area contributed by atoms with Crippen molar-refractivity contribution in [3.8, 4) is 11.1 Å². The van der Waals surface area contributed by atoms with E-state index < -0.39 is 6.04 Å². The Morgan fingerprint density at radius 3 is 2.40 bits per heavy atom. The third-order valence-corrected chi connectivity index (χ3v) is 5.47. The lowest BCUT2D eigenvalue weighted by atomic mass is 9.95. The van der Waals surface area contributed by atoms with Gasteiger partial charge in [0.2, 0.25) is 0 Å². The molecule has 30 heavy (non-hydrogen) atoms. The number of aryl methyl sites for hydroxylation is 1. The lowest BCUT2D eigenvalue weighted by Crippen LogP contribution is -2.37. The van der Waals surface area contributed by atoms with Crippen LogP contribution in [0.1, 0.15) is 34.7 Å². The lowest BCUT2D eigenvalue weighted by Gasteiger charge is -2.14. The summed E-state index contributed by atoms with van der Waals surface area (Å²) in [5.41, 5.74) is 8.32. The van der Waals surface area contributed by atoms with E-state index in [1.54, 1.807) is 0 Å². The van der Waals surface area contributed by atoms with Crippen LogP contribution in [0.25, 0.3) is 23.3 Å². The quantitative estimate of drug-likeness (QED) is 0.513. The first-order valence-corrected chi connectivity index (χ1v) is 10.3. The molecule has 3 aromatic rings. The highest BCUT2D eigenvalue weighted by molar-refractivity contribution is 5.81. The van der Waals surface area contributed by atoms with Crippen LogP contribution >= 0.6 is 0 Å². The van der Waals surface area contributed by atoms with Crippen LogP contribution in [0.3, 0.4) is 0 Å². The van der Waals surface area contributed by atoms with Crippen molar-refractivity contribution in [1.82, 2.24) is 5.32 Å². The second-order valence-corrected chi connectivity index (χ2v) is 7.64. The summed E-state index contributed by atoms with van der Waals surface area (Å²) in [7, 11) is 0. The van der Waals surface area contributed by atoms with Crippen LogP contribution in [0.5, 0.6) is 0 Å². The van der Waals surface area contributed by atoms with Crippen LogP contribution in [-0.4, -0.2) is 23.5 Å². The van der Waals surface area contributed by atoms with Crippen molar-refractivity contribution in [3.63, 3.8) is 0 Å². The molecule has 0 heterocycles. The van der Waals surface area contributed by atoms with E-state index in [1.165, 1.54) is 34.7 Å². The van der Waals surface area contributed by atoms with E-state index in [4.69, 9.17) is 0 Å². The maximum atomic E-state index is 11.5. The third kappa shape index (κ3) is 5.32. The molecule has 3 rings (SSSR count). The molecule has 154 valence electrons. The number of Topliss-reactive ketones (excluding diaryl/α,β-unsaturated/α-hetero) is 1. The summed E-state index contributed by atoms with van der Waals surface area (Å²) in [6.45, 7) is 6.09. The van der Waals surface area contributed by atoms with Crippen molar-refractivity contribution in [2.75, 3.05) is 6.61 Å². The highest BCUT2D eigenvalue weighted by Gasteiger charge is 2.11. The second kappa shape index (κ2) is 10.1. The first-order chi connectivity index (χ1) is 14.5. The standard InChI is InChI=1S/C27H29NO2/c1-19-12-13-22(17-28-27(18-29)21(3)30)16-25(19)15-14-23-10-7-11-26(20(23)2)24-8-5-4-6-9-24/h4-16,27-29H,17-18H2,1-3H3/b15-14+/t27-/m1/s1. The van der Waals surface area contributed by atoms with Gasteiger partial charge in [-0.15, -0.1) is 0 Å². The highest BCUT2D eigenvalue weighted by Crippen LogP contribution is 2.27. The Morgan fingerprint density at radius 2 is 1.70 bits per heavy atom. The zero-order valence-corrected chi connectivity index (χ0v) is 17.9. The van der Waals surface area contributed by atoms with Gasteiger partial charge in [0.05, 0.1) is 12.6 Å². The normalized spacial score (nSPS) is 12.3. The minimum Gasteiger partial charge on any atom is -0.394 e. The largest absolute Gasteiger partial charge is 0.394 e. The number of aliphatic hydroxyl groups is 1. The van der Waals surface area contributed by atoms with Crippen LogP contribution in [0.2, 0.25) is 0 Å². The number of hydrogen-bond donors (Lipinski definition) is 2. The number of ketones is 1. The average Bonchev–Trinajstić information content (AvgIpc) is 2.75. The Kier molecular flexibility index (Phi) is 7.34. The van der Waals surface area contributed by atoms with Crippen molar-refractivity contribution < 1.29 is 9.90 Å². The van der Waals surface area contributed by atoms with Crippen molar-refractivity contribution in [1.29, 1.82) is 0 Å². The minimum atomic E-state index is -0.520. The van der Waals surface area contributed by atoms with Crippen LogP contribution in [0.15, 0.2) is 66.7 Å². The maximum Gasteiger partial charge on any atom is 0.149 e. The summed E-state index contributed by atoms with van der Waals surface area (Å²) in [5.74, 6) is -0.0569. The summed E-state index contributed by atoms with van der Waals surface area (Å²) >= 11 is 0. The first-order valence-electron chi connectivity index (χ1n) is 10.3. The van der Waals surface area contributed by atoms with Gasteiger partial charge in [-0.25, -0.2) is 0 Å². The molecule has 0 aliphatic rings. The smallest absolute Gasteiger partial charge is 0.149 e. The summed E-state index contributed by atoms with van der Waals surface area (Å²) in [4.78, 5) is 11.5. The predicted molar refractivity (Wildman–Crippen MR) is 125 cm³/mol. The average molecular weight is 400 g/mol. The fourth-order valence-corrected chi connectivity index (χ4v) is 3.50. The van der Waals surface area contributed by atoms with Gasteiger partial charge in [-0.2, -0.15) is 0 Å². The van der Waals surface area contributed by atoms with Crippen molar-refractivity contribution >= 4 is 17.9 Å². The van der Waals surface area contributed by atoms with E-state index >= 15 is 0 Å². The molecular formula is C27H29NO2. The summed E-state index contributed by atoms with van der Waals surface area (Å²) in [6.07, 6.45) is 4.30. The van der Waals surface area contributed by atoms with Gasteiger partial charge in [0, 0.05) is 6.54 Å². The van der Waals surface area contributed by atoms with Gasteiger partial charge in [0.15, 0.2) is 0 Å². The van der Waals surface area contributed by atoms with Crippen molar-refractivity contribution in [2.45, 2.75) is 33.4 Å². The minimum absolute atomic E-state index is 0.0569. The molecule has 0 spiro atoms. The zero-order valence-electron chi connectivity index (χ0n) is 17.9. The van der Waals surface area contributed by atoms with Crippen molar-refractivity contribution in [2.24, 2.45) is 0 Å². The molecule has 0 aromatic heterocycles. The summed E-state index contributed by atoms with van der Waals surface area (Å²) < 4.78 is 0. The van der Waals surface area contributed by atoms with Gasteiger partial charge in [0.1, 0.15) is 5.78 Å². The maximum absolute atomic E-state index is 11.5. The zero-order chi connectivity index (χ0) is 21.5. The fraction of sp³-hybridized carbons (Fsp3) is 0.222. The number of rotatable bonds is 8. The molecule has 0 aliphatic heterocycles. The Bertz CT molecular complexity index is 1040. The number of aliphatic hydroxyl groups excluding tert-OH is 1. The molecule has 0 radical (unpaired) electrons. The Labute approximate surface area is 179 Å². The van der Waals surface area contributed by atoms with Gasteiger partial charge in [-0.1, -0.05) is 78.9 Å². The summed E-state index contributed by atoms with van der Waals surface area (Å²) in [5, 5.41) is 12.4. The third-order valence-electron chi connectivity index (χ3n) is 5.47. The number of benzene rings is 3. The van der Waals surface area contributed by atoms with Gasteiger partial charge in [-0.05, 0) is 59.7 Å². The van der Waals surface area contributed by atoms with Crippen LogP contribution in [0.4, 0.5) is 0 Å². The van der Waals surface area contributed by atoms with Crippen LogP contribution < -0.4 is 5.32 Å². The van der Waals surface area contributed by atoms with Gasteiger partial charge < -0.3 is 10.4 Å². The molecule has 0 unspecified atom stereocenters. The van der Waals surface area contributed by atoms with Gasteiger partial charge >= 0.3 is 0 Å². The SMILES string of the molecule is CC(=O)[C@@H](CO)NCc1ccc(C)c(/C=C/c2cccc(-c3ccccc3)c2C)c1. The Morgan fingerprint density at radius 1 is 0.967 bits per heavy atom. The molecular weight excluding hydrogens is 370 g/mol. The molecule has 3 nitrogen and oxygen atoms in total. The van der Waals surface area contributed by atoms with E-state index in [-0.39, 0.29) is 12.4 Å². The van der Waals surface area contributed by atoms with E-state index in [1.807, 2.05) is 6.07 Å². The molecule has 1 atom stereocenters. The van der Waals surface area contributed by atoms with Gasteiger partial charge in [-0.3, -0.25) is 4.79 Å². The molecule has 0 bridgehead atoms. The molecule has 0 saturated heterocycles. The van der Waals surface area contributed by atoms with Gasteiger partial charge in [0.25, 0.3) is 0 Å². The molecule has 0 amide bonds. The van der Waals surface area contributed by atoms with E-state index in [2.05, 4.69) is 92.0 Å². The lowest BCUT2D eigenvalue weighted by molar-refractivity contribution is -0.119. The number of nitrogens with one attached hydrogen (secondary N) is 1. The monoisotopic (exact) mass is 399 g/mol. The number of hydrogen-bond acceptors (Lipinski definition) is 3. The first kappa shape index (κ1) is 21.7. The topological polar surface area (TPSA) is 49.3 Å². The number of carbonyl (C=O) groups excluding carboxylic acids is 1. The molecule has 2 N–H and O–H groups in total. The van der Waals surface area contributed by atoms with E-state index in [0.29, 0.717) is 6.54 Å². The van der Waals surface area contributed by atoms with E-state index in [9.17, 15) is 9.90 Å². The van der Waals surface area contributed by atoms with E-state index in [0.717, 1.165) is 11.1 Å². The molecule has 0 saturated carbocycles. The van der Waals surface area contributed by atoms with Crippen molar-refractivity contribution in [3.05, 3.63) is 94.5 Å². The second-order valence-electron chi connectivity index (χ2n) is 7.64. The summed E-state index contributed by atoms with van der Waals surface area (Å²) in [6, 6.07) is 22.6.